The van der Waals surface area contributed by atoms with Crippen molar-refractivity contribution < 1.29 is 14.3 Å². The first-order chi connectivity index (χ1) is 8.00. The summed E-state index contributed by atoms with van der Waals surface area (Å²) in [5, 5.41) is 0. The van der Waals surface area contributed by atoms with Crippen molar-refractivity contribution in [3.63, 3.8) is 0 Å². The van der Waals surface area contributed by atoms with E-state index < -0.39 is 0 Å². The first-order valence-corrected chi connectivity index (χ1v) is 6.57. The van der Waals surface area contributed by atoms with E-state index in [0.29, 0.717) is 13.2 Å². The Morgan fingerprint density at radius 1 is 1.41 bits per heavy atom. The molecule has 1 atom stereocenters. The van der Waals surface area contributed by atoms with E-state index >= 15 is 0 Å². The molecule has 0 aromatic carbocycles. The van der Waals surface area contributed by atoms with Crippen LogP contribution in [0.2, 0.25) is 0 Å². The summed E-state index contributed by atoms with van der Waals surface area (Å²) < 4.78 is 10.9. The van der Waals surface area contributed by atoms with Crippen LogP contribution in [0.15, 0.2) is 0 Å². The van der Waals surface area contributed by atoms with Crippen LogP contribution in [0.25, 0.3) is 0 Å². The second-order valence-electron chi connectivity index (χ2n) is 5.13. The Hall–Kier alpha value is -0.770. The van der Waals surface area contributed by atoms with Gasteiger partial charge in [-0.05, 0) is 40.0 Å². The van der Waals surface area contributed by atoms with Crippen molar-refractivity contribution in [2.75, 3.05) is 19.8 Å². The molecule has 1 rings (SSSR count). The molecule has 0 aliphatic carbocycles. The van der Waals surface area contributed by atoms with Gasteiger partial charge in [0.2, 0.25) is 0 Å². The first kappa shape index (κ1) is 14.3. The molecule has 0 N–H and O–H groups in total. The topological polar surface area (TPSA) is 38.8 Å². The zero-order valence-corrected chi connectivity index (χ0v) is 11.5. The Kier molecular flexibility index (Phi) is 5.25. The van der Waals surface area contributed by atoms with Gasteiger partial charge in [-0.1, -0.05) is 6.92 Å². The highest BCUT2D eigenvalue weighted by Gasteiger charge is 2.32. The van der Waals surface area contributed by atoms with Gasteiger partial charge in [0, 0.05) is 13.2 Å². The van der Waals surface area contributed by atoms with Crippen LogP contribution in [-0.2, 0) is 9.47 Å². The third kappa shape index (κ3) is 4.19. The lowest BCUT2D eigenvalue weighted by molar-refractivity contribution is 0.000587. The molecular weight excluding hydrogens is 218 g/mol. The molecule has 4 heteroatoms. The van der Waals surface area contributed by atoms with Crippen molar-refractivity contribution in [1.29, 1.82) is 0 Å². The van der Waals surface area contributed by atoms with Gasteiger partial charge in [0.05, 0.1) is 12.6 Å². The maximum Gasteiger partial charge on any atom is 0.410 e. The van der Waals surface area contributed by atoms with Crippen LogP contribution >= 0.6 is 0 Å². The number of ether oxygens (including phenoxy) is 2. The molecule has 1 amide bonds. The molecule has 1 aliphatic rings. The second-order valence-corrected chi connectivity index (χ2v) is 5.13. The Balaban J connectivity index is 2.50. The van der Waals surface area contributed by atoms with E-state index in [1.165, 1.54) is 0 Å². The van der Waals surface area contributed by atoms with Crippen molar-refractivity contribution in [1.82, 2.24) is 4.90 Å². The van der Waals surface area contributed by atoms with Crippen LogP contribution in [0.5, 0.6) is 0 Å². The van der Waals surface area contributed by atoms with Gasteiger partial charge >= 0.3 is 6.09 Å². The molecular formula is C13H25NO3. The summed E-state index contributed by atoms with van der Waals surface area (Å²) in [5.74, 6) is 0. The third-order valence-electron chi connectivity index (χ3n) is 3.34. The van der Waals surface area contributed by atoms with E-state index in [4.69, 9.17) is 9.47 Å². The number of hydrogen-bond donors (Lipinski definition) is 0. The van der Waals surface area contributed by atoms with E-state index in [2.05, 4.69) is 0 Å². The van der Waals surface area contributed by atoms with Crippen LogP contribution in [0.4, 0.5) is 4.79 Å². The fraction of sp³-hybridized carbons (Fsp3) is 0.923. The number of hydrogen-bond acceptors (Lipinski definition) is 3. The van der Waals surface area contributed by atoms with Crippen molar-refractivity contribution in [2.24, 2.45) is 0 Å². The largest absolute Gasteiger partial charge is 0.443 e. The summed E-state index contributed by atoms with van der Waals surface area (Å²) in [7, 11) is 0. The predicted octanol–water partition coefficient (Wildman–Crippen LogP) is 2.81. The van der Waals surface area contributed by atoms with Gasteiger partial charge in [-0.25, -0.2) is 4.79 Å². The second kappa shape index (κ2) is 6.24. The summed E-state index contributed by atoms with van der Waals surface area (Å²) in [5.41, 5.74) is -0.379. The molecule has 1 heterocycles. The van der Waals surface area contributed by atoms with Crippen molar-refractivity contribution in [2.45, 2.75) is 58.6 Å². The summed E-state index contributed by atoms with van der Waals surface area (Å²) >= 11 is 0. The fourth-order valence-electron chi connectivity index (χ4n) is 1.87. The first-order valence-electron chi connectivity index (χ1n) is 6.57. The number of likely N-dealkylation sites (tertiary alicyclic amines) is 1. The van der Waals surface area contributed by atoms with Crippen molar-refractivity contribution in [3.8, 4) is 0 Å². The minimum Gasteiger partial charge on any atom is -0.443 e. The van der Waals surface area contributed by atoms with Crippen LogP contribution in [0.3, 0.4) is 0 Å². The van der Waals surface area contributed by atoms with Gasteiger partial charge in [-0.15, -0.1) is 0 Å². The maximum absolute atomic E-state index is 12.0. The quantitative estimate of drug-likeness (QED) is 0.745. The summed E-state index contributed by atoms with van der Waals surface area (Å²) in [6.45, 7) is 9.98. The summed E-state index contributed by atoms with van der Waals surface area (Å²) in [6.07, 6.45) is 2.68. The summed E-state index contributed by atoms with van der Waals surface area (Å²) in [6, 6.07) is 0.190. The number of rotatable bonds is 5. The van der Waals surface area contributed by atoms with Gasteiger partial charge < -0.3 is 14.4 Å². The molecule has 0 bridgehead atoms. The molecule has 17 heavy (non-hydrogen) atoms. The van der Waals surface area contributed by atoms with Crippen molar-refractivity contribution >= 4 is 6.09 Å². The zero-order chi connectivity index (χ0) is 12.9. The number of nitrogens with zero attached hydrogens (tertiary/aromatic N) is 1. The summed E-state index contributed by atoms with van der Waals surface area (Å²) in [4.78, 5) is 13.9. The lowest BCUT2D eigenvalue weighted by Crippen LogP contribution is -2.42. The molecule has 100 valence electrons. The van der Waals surface area contributed by atoms with Gasteiger partial charge in [0.25, 0.3) is 0 Å². The van der Waals surface area contributed by atoms with Crippen LogP contribution in [0, 0.1) is 0 Å². The molecule has 0 radical (unpaired) electrons. The monoisotopic (exact) mass is 243 g/mol. The van der Waals surface area contributed by atoms with Crippen LogP contribution in [0.1, 0.15) is 47.0 Å². The average Bonchev–Trinajstić information content (AvgIpc) is 2.74. The van der Waals surface area contributed by atoms with Crippen LogP contribution < -0.4 is 0 Å². The Morgan fingerprint density at radius 2 is 2.12 bits per heavy atom. The van der Waals surface area contributed by atoms with Gasteiger partial charge in [0.15, 0.2) is 0 Å². The van der Waals surface area contributed by atoms with E-state index in [0.717, 1.165) is 25.8 Å². The van der Waals surface area contributed by atoms with E-state index in [1.807, 2.05) is 32.6 Å². The molecule has 0 saturated carbocycles. The highest BCUT2D eigenvalue weighted by atomic mass is 16.6. The smallest absolute Gasteiger partial charge is 0.410 e. The predicted molar refractivity (Wildman–Crippen MR) is 67.1 cm³/mol. The highest BCUT2D eigenvalue weighted by molar-refractivity contribution is 5.69. The fourth-order valence-corrected chi connectivity index (χ4v) is 1.87. The SMILES string of the molecule is CCOC[C@@H]1CCCN1C(=O)OC(C)(C)CC. The standard InChI is InChI=1S/C13H25NO3/c1-5-13(3,4)17-12(15)14-9-7-8-11(14)10-16-6-2/h11H,5-10H2,1-4H3/t11-/m0/s1. The minimum absolute atomic E-state index is 0.190. The number of amides is 1. The molecule has 4 nitrogen and oxygen atoms in total. The molecule has 1 saturated heterocycles. The van der Waals surface area contributed by atoms with Crippen molar-refractivity contribution in [3.05, 3.63) is 0 Å². The van der Waals surface area contributed by atoms with E-state index in [9.17, 15) is 4.79 Å². The average molecular weight is 243 g/mol. The molecule has 0 unspecified atom stereocenters. The molecule has 0 spiro atoms. The molecule has 1 fully saturated rings. The van der Waals surface area contributed by atoms with Gasteiger partial charge in [0.1, 0.15) is 5.60 Å². The number of carbonyl (C=O) groups is 1. The maximum atomic E-state index is 12.0. The Labute approximate surface area is 104 Å². The minimum atomic E-state index is -0.379. The Morgan fingerprint density at radius 3 is 2.71 bits per heavy atom. The van der Waals surface area contributed by atoms with Gasteiger partial charge in [-0.2, -0.15) is 0 Å². The molecule has 0 aromatic heterocycles. The molecule has 1 aliphatic heterocycles. The van der Waals surface area contributed by atoms with Gasteiger partial charge in [-0.3, -0.25) is 0 Å². The highest BCUT2D eigenvalue weighted by Crippen LogP contribution is 2.22. The van der Waals surface area contributed by atoms with E-state index in [-0.39, 0.29) is 17.7 Å². The van der Waals surface area contributed by atoms with Crippen LogP contribution in [-0.4, -0.2) is 42.4 Å². The van der Waals surface area contributed by atoms with E-state index in [1.54, 1.807) is 0 Å². The molecule has 0 aromatic rings. The third-order valence-corrected chi connectivity index (χ3v) is 3.34. The lowest BCUT2D eigenvalue weighted by atomic mass is 10.1. The number of carbonyl (C=O) groups excluding carboxylic acids is 1. The normalized spacial score (nSPS) is 20.7. The zero-order valence-electron chi connectivity index (χ0n) is 11.5. The lowest BCUT2D eigenvalue weighted by Gasteiger charge is -2.30. The Bertz CT molecular complexity index is 253.